The first-order valence-electron chi connectivity index (χ1n) is 21.4. The number of hydrogen-bond acceptors (Lipinski definition) is 10. The number of imidazole rings is 2. The van der Waals surface area contributed by atoms with E-state index >= 15 is 0 Å². The first-order chi connectivity index (χ1) is 29.5. The van der Waals surface area contributed by atoms with E-state index in [1.165, 1.54) is 28.3 Å². The van der Waals surface area contributed by atoms with Crippen LogP contribution in [0.25, 0.3) is 44.8 Å². The Balaban J connectivity index is 0.926. The molecule has 5 N–H and O–H groups in total. The number of hydrogen-bond donors (Lipinski definition) is 5. The quantitative estimate of drug-likeness (QED) is 0.107. The number of likely N-dealkylation sites (tertiary alicyclic amines) is 2. The number of rotatable bonds is 11. The van der Waals surface area contributed by atoms with Crippen LogP contribution in [0.5, 0.6) is 0 Å². The van der Waals surface area contributed by atoms with Crippen LogP contribution in [0.4, 0.5) is 9.59 Å². The van der Waals surface area contributed by atoms with E-state index in [-0.39, 0.29) is 36.0 Å². The number of H-pyrrole nitrogens is 2. The first-order valence-corrected chi connectivity index (χ1v) is 21.4. The maximum absolute atomic E-state index is 14.2. The van der Waals surface area contributed by atoms with Gasteiger partial charge in [-0.15, -0.1) is 0 Å². The number of aliphatic hydroxyl groups is 1. The highest BCUT2D eigenvalue weighted by Gasteiger charge is 2.51. The number of carbonyl (C=O) groups is 4. The van der Waals surface area contributed by atoms with E-state index in [4.69, 9.17) is 24.2 Å². The van der Waals surface area contributed by atoms with Gasteiger partial charge in [0.15, 0.2) is 0 Å². The molecule has 10 atom stereocenters. The van der Waals surface area contributed by atoms with Crippen molar-refractivity contribution < 1.29 is 38.5 Å². The van der Waals surface area contributed by atoms with Gasteiger partial charge in [0, 0.05) is 30.3 Å². The Hall–Kier alpha value is -5.74. The van der Waals surface area contributed by atoms with Gasteiger partial charge in [0.25, 0.3) is 0 Å². The number of alkyl carbamates (subject to hydrolysis) is 2. The number of methoxy groups -OCH3 is 3. The molecule has 2 aromatic heterocycles. The molecule has 4 fully saturated rings. The Morgan fingerprint density at radius 3 is 1.59 bits per heavy atom. The van der Waals surface area contributed by atoms with E-state index in [1.807, 2.05) is 22.2 Å². The summed E-state index contributed by atoms with van der Waals surface area (Å²) >= 11 is 0. The summed E-state index contributed by atoms with van der Waals surface area (Å²) in [6.07, 6.45) is 7.99. The summed E-state index contributed by atoms with van der Waals surface area (Å²) in [4.78, 5) is 73.1. The van der Waals surface area contributed by atoms with Crippen LogP contribution in [0, 0.1) is 11.8 Å². The molecule has 2 unspecified atom stereocenters. The Kier molecular flexibility index (Phi) is 10.8. The van der Waals surface area contributed by atoms with Crippen LogP contribution in [0.1, 0.15) is 88.9 Å². The molecule has 4 heterocycles. The molecule has 0 bridgehead atoms. The highest BCUT2D eigenvalue weighted by Crippen LogP contribution is 2.51. The van der Waals surface area contributed by atoms with E-state index in [9.17, 15) is 24.3 Å². The van der Waals surface area contributed by atoms with Gasteiger partial charge in [-0.3, -0.25) is 9.59 Å². The zero-order chi connectivity index (χ0) is 42.7. The van der Waals surface area contributed by atoms with Crippen LogP contribution >= 0.6 is 0 Å². The third-order valence-corrected chi connectivity index (χ3v) is 14.0. The molecule has 2 saturated carbocycles. The molecule has 322 valence electrons. The monoisotopic (exact) mass is 834 g/mol. The highest BCUT2D eigenvalue weighted by atomic mass is 16.5. The number of nitrogens with one attached hydrogen (secondary N) is 4. The summed E-state index contributed by atoms with van der Waals surface area (Å²) in [5, 5.41) is 15.8. The van der Waals surface area contributed by atoms with Gasteiger partial charge in [-0.25, -0.2) is 19.6 Å². The minimum Gasteiger partial charge on any atom is -0.453 e. The third kappa shape index (κ3) is 7.12. The van der Waals surface area contributed by atoms with Crippen molar-refractivity contribution in [1.29, 1.82) is 0 Å². The van der Waals surface area contributed by atoms with E-state index in [0.29, 0.717) is 17.7 Å². The number of aromatic nitrogens is 4. The fourth-order valence-corrected chi connectivity index (χ4v) is 10.9. The number of aliphatic hydroxyl groups excluding tert-OH is 1. The van der Waals surface area contributed by atoms with E-state index in [1.54, 1.807) is 6.92 Å². The minimum atomic E-state index is -1.14. The zero-order valence-corrected chi connectivity index (χ0v) is 35.1. The van der Waals surface area contributed by atoms with Crippen molar-refractivity contribution in [2.45, 2.75) is 114 Å². The third-order valence-electron chi connectivity index (χ3n) is 14.0. The molecular formula is C45H54N8O8. The summed E-state index contributed by atoms with van der Waals surface area (Å²) in [6.45, 7) is 3.26. The van der Waals surface area contributed by atoms with Crippen molar-refractivity contribution in [3.8, 4) is 44.8 Å². The smallest absolute Gasteiger partial charge is 0.407 e. The molecule has 4 aromatic rings. The Labute approximate surface area is 354 Å². The molecule has 2 saturated heterocycles. The topological polar surface area (TPSA) is 204 Å². The maximum Gasteiger partial charge on any atom is 0.407 e. The van der Waals surface area contributed by atoms with Gasteiger partial charge in [0.05, 0.1) is 62.3 Å². The number of carbonyl (C=O) groups excluding carboxylic acids is 4. The minimum absolute atomic E-state index is 0.0128. The molecule has 4 amide bonds. The standard InChI is InChI=1S/C45H54N8O8/c1-22(54)38(50-44(57)60-4)42(55)52-34-10-6-8-26(34)18-36(52)40-46-20-32(48-40)24-12-14-28-30(16-24)29-15-13-25(17-31(28)29)33-21-47-41(49-33)37-19-27-9-7-11-35(27)53(37)43(56)39(23(2)59-3)51-45(58)61-5/h12-17,20-23,26-27,34-39,54H,6-11,18-19H2,1-5H3,(H,46,48)(H,47,49)(H,50,57)(H,51,58)/t22-,23-,26+,27?,34+,35?,36+,37+,38+,39+/m1/s1. The van der Waals surface area contributed by atoms with Crippen LogP contribution in [0.3, 0.4) is 0 Å². The predicted molar refractivity (Wildman–Crippen MR) is 224 cm³/mol. The number of nitrogens with zero attached hydrogens (tertiary/aromatic N) is 4. The van der Waals surface area contributed by atoms with Crippen molar-refractivity contribution in [2.24, 2.45) is 11.8 Å². The van der Waals surface area contributed by atoms with Crippen LogP contribution in [-0.4, -0.2) is 117 Å². The largest absolute Gasteiger partial charge is 0.453 e. The number of benzene rings is 2. The van der Waals surface area contributed by atoms with Gasteiger partial charge in [-0.2, -0.15) is 0 Å². The van der Waals surface area contributed by atoms with Crippen molar-refractivity contribution >= 4 is 24.0 Å². The van der Waals surface area contributed by atoms with Crippen molar-refractivity contribution in [3.63, 3.8) is 0 Å². The molecule has 0 spiro atoms. The molecule has 3 aliphatic carbocycles. The van der Waals surface area contributed by atoms with Crippen LogP contribution < -0.4 is 10.6 Å². The average Bonchev–Trinajstić information content (AvgIpc) is 4.12. The summed E-state index contributed by atoms with van der Waals surface area (Å²) < 4.78 is 15.1. The molecule has 2 aliphatic heterocycles. The van der Waals surface area contributed by atoms with Gasteiger partial charge < -0.3 is 49.7 Å². The van der Waals surface area contributed by atoms with E-state index < -0.39 is 36.5 Å². The van der Waals surface area contributed by atoms with Crippen molar-refractivity contribution in [1.82, 2.24) is 40.4 Å². The fourth-order valence-electron chi connectivity index (χ4n) is 10.9. The number of ether oxygens (including phenoxy) is 3. The number of fused-ring (bicyclic) bond motifs is 6. The number of amides is 4. The molecular weight excluding hydrogens is 781 g/mol. The van der Waals surface area contributed by atoms with Crippen LogP contribution in [-0.2, 0) is 23.8 Å². The maximum atomic E-state index is 14.2. The summed E-state index contributed by atoms with van der Waals surface area (Å²) in [5.74, 6) is 1.55. The second kappa shape index (κ2) is 16.3. The van der Waals surface area contributed by atoms with Crippen LogP contribution in [0.2, 0.25) is 0 Å². The molecule has 9 rings (SSSR count). The van der Waals surface area contributed by atoms with E-state index in [2.05, 4.69) is 57.0 Å². The van der Waals surface area contributed by atoms with Gasteiger partial charge in [0.2, 0.25) is 11.8 Å². The predicted octanol–water partition coefficient (Wildman–Crippen LogP) is 5.86. The van der Waals surface area contributed by atoms with Gasteiger partial charge in [-0.05, 0) is 98.6 Å². The van der Waals surface area contributed by atoms with Crippen molar-refractivity contribution in [3.05, 3.63) is 60.4 Å². The lowest BCUT2D eigenvalue weighted by Crippen LogP contribution is -2.55. The normalized spacial score (nSPS) is 25.3. The Bertz CT molecular complexity index is 2340. The SMILES string of the molecule is COC(=O)N[C@H](C(=O)N1[C@H](c2ncc(-c3ccc4c(c3)-c3ccc(-c5cnc([C@@H]6CC7CCCC7N6C(=O)[C@@H](NC(=O)OC)[C@@H](C)OC)[nH]5)cc3-4)[nH]2)C[C@@H]2CCC[C@@H]21)[C@@H](C)O. The molecule has 61 heavy (non-hydrogen) atoms. The van der Waals surface area contributed by atoms with E-state index in [0.717, 1.165) is 102 Å². The summed E-state index contributed by atoms with van der Waals surface area (Å²) in [6, 6.07) is 10.2. The van der Waals surface area contributed by atoms with Gasteiger partial charge in [0.1, 0.15) is 23.7 Å². The molecule has 2 aromatic carbocycles. The van der Waals surface area contributed by atoms with Crippen molar-refractivity contribution in [2.75, 3.05) is 21.3 Å². The lowest BCUT2D eigenvalue weighted by molar-refractivity contribution is -0.140. The van der Waals surface area contributed by atoms with Crippen LogP contribution in [0.15, 0.2) is 48.8 Å². The Morgan fingerprint density at radius 2 is 1.15 bits per heavy atom. The lowest BCUT2D eigenvalue weighted by Gasteiger charge is -2.34. The molecule has 16 heteroatoms. The molecule has 0 radical (unpaired) electrons. The van der Waals surface area contributed by atoms with Gasteiger partial charge in [-0.1, -0.05) is 37.1 Å². The second-order valence-corrected chi connectivity index (χ2v) is 17.3. The lowest BCUT2D eigenvalue weighted by atomic mass is 9.78. The first kappa shape index (κ1) is 40.7. The number of aromatic amines is 2. The average molecular weight is 835 g/mol. The van der Waals surface area contributed by atoms with Gasteiger partial charge >= 0.3 is 12.2 Å². The summed E-state index contributed by atoms with van der Waals surface area (Å²) in [7, 11) is 4.03. The molecule has 16 nitrogen and oxygen atoms in total. The molecule has 5 aliphatic rings. The second-order valence-electron chi connectivity index (χ2n) is 17.3. The zero-order valence-electron chi connectivity index (χ0n) is 35.1. The highest BCUT2D eigenvalue weighted by molar-refractivity contribution is 6.04. The summed E-state index contributed by atoms with van der Waals surface area (Å²) in [5.41, 5.74) is 8.20. The fraction of sp³-hybridized carbons (Fsp3) is 0.511. The Morgan fingerprint density at radius 1 is 0.689 bits per heavy atom.